The lowest BCUT2D eigenvalue weighted by atomic mass is 10.0. The minimum atomic E-state index is -1.84. The van der Waals surface area contributed by atoms with Gasteiger partial charge in [-0.1, -0.05) is 51.3 Å². The molecule has 114 valence electrons. The van der Waals surface area contributed by atoms with Crippen LogP contribution < -0.4 is 4.52 Å². The molecular weight excluding hydrogens is 294 g/mol. The fraction of sp³-hybridized carbons (Fsp3) is 0.571. The Morgan fingerprint density at radius 1 is 1.25 bits per heavy atom. The van der Waals surface area contributed by atoms with Gasteiger partial charge >= 0.3 is 8.60 Å². The highest BCUT2D eigenvalue weighted by Crippen LogP contribution is 2.42. The van der Waals surface area contributed by atoms with Gasteiger partial charge in [-0.2, -0.15) is 0 Å². The molecule has 0 saturated heterocycles. The van der Waals surface area contributed by atoms with E-state index in [1.54, 1.807) is 0 Å². The maximum atomic E-state index is 9.64. The van der Waals surface area contributed by atoms with Crippen molar-refractivity contribution in [2.75, 3.05) is 6.61 Å². The molecule has 1 aromatic carbocycles. The van der Waals surface area contributed by atoms with Crippen LogP contribution in [0.3, 0.4) is 0 Å². The van der Waals surface area contributed by atoms with Crippen LogP contribution in [0.2, 0.25) is 0 Å². The fourth-order valence-corrected chi connectivity index (χ4v) is 2.87. The summed E-state index contributed by atoms with van der Waals surface area (Å²) in [5.41, 5.74) is 0. The molecule has 0 spiro atoms. The molecule has 3 atom stereocenters. The molecule has 4 nitrogen and oxygen atoms in total. The van der Waals surface area contributed by atoms with Gasteiger partial charge in [-0.15, -0.1) is 0 Å². The summed E-state index contributed by atoms with van der Waals surface area (Å²) < 4.78 is 15.9. The van der Waals surface area contributed by atoms with Crippen LogP contribution in [0.4, 0.5) is 0 Å². The summed E-state index contributed by atoms with van der Waals surface area (Å²) in [5.74, 6) is 1.22. The number of para-hydroxylation sites is 1. The van der Waals surface area contributed by atoms with E-state index in [1.165, 1.54) is 12.8 Å². The lowest BCUT2D eigenvalue weighted by molar-refractivity contribution is 0.206. The minimum absolute atomic E-state index is 0.251. The third kappa shape index (κ3) is 8.14. The topological polar surface area (TPSA) is 47.9 Å². The summed E-state index contributed by atoms with van der Waals surface area (Å²) in [5, 5.41) is 0. The van der Waals surface area contributed by atoms with Crippen molar-refractivity contribution >= 4 is 17.6 Å². The smallest absolute Gasteiger partial charge is 0.335 e. The van der Waals surface area contributed by atoms with Crippen molar-refractivity contribution in [1.82, 2.24) is 0 Å². The van der Waals surface area contributed by atoms with Gasteiger partial charge in [-0.3, -0.25) is 4.31 Å². The van der Waals surface area contributed by atoms with Crippen LogP contribution >= 0.6 is 17.6 Å². The Kier molecular flexibility index (Phi) is 10.2. The van der Waals surface area contributed by atoms with E-state index in [9.17, 15) is 4.89 Å². The number of hydrogen-bond donors (Lipinski definition) is 1. The average Bonchev–Trinajstić information content (AvgIpc) is 2.48. The molecule has 0 aliphatic carbocycles. The van der Waals surface area contributed by atoms with Gasteiger partial charge in [0.25, 0.3) is 0 Å². The van der Waals surface area contributed by atoms with E-state index in [-0.39, 0.29) is 9.03 Å². The van der Waals surface area contributed by atoms with Crippen molar-refractivity contribution in [1.29, 1.82) is 0 Å². The number of rotatable bonds is 11. The summed E-state index contributed by atoms with van der Waals surface area (Å²) in [6, 6.07) is 9.37. The van der Waals surface area contributed by atoms with Gasteiger partial charge in [0.15, 0.2) is 0 Å². The molecule has 0 fully saturated rings. The average molecular weight is 318 g/mol. The Hall–Kier alpha value is -0.240. The quantitative estimate of drug-likeness (QED) is 0.580. The van der Waals surface area contributed by atoms with Crippen molar-refractivity contribution in [3.05, 3.63) is 30.3 Å². The molecule has 0 aliphatic heterocycles. The third-order valence-corrected chi connectivity index (χ3v) is 4.59. The largest absolute Gasteiger partial charge is 0.449 e. The first-order chi connectivity index (χ1) is 9.76. The zero-order chi connectivity index (χ0) is 14.6. The maximum Gasteiger partial charge on any atom is 0.335 e. The second-order valence-electron chi connectivity index (χ2n) is 4.54. The lowest BCUT2D eigenvalue weighted by Gasteiger charge is -2.16. The van der Waals surface area contributed by atoms with Gasteiger partial charge < -0.3 is 13.9 Å². The molecular formula is C14H24O4P2. The van der Waals surface area contributed by atoms with E-state index in [0.717, 1.165) is 18.6 Å². The van der Waals surface area contributed by atoms with Crippen molar-refractivity contribution < 1.29 is 18.3 Å². The molecule has 0 saturated carbocycles. The fourth-order valence-electron chi connectivity index (χ4n) is 1.68. The Balaban J connectivity index is 2.11. The van der Waals surface area contributed by atoms with E-state index in [1.807, 2.05) is 30.3 Å². The lowest BCUT2D eigenvalue weighted by Crippen LogP contribution is -2.06. The minimum Gasteiger partial charge on any atom is -0.449 e. The number of unbranched alkanes of at least 4 members (excludes halogenated alkanes) is 1. The molecule has 1 aromatic rings. The Morgan fingerprint density at radius 2 is 2.00 bits per heavy atom. The van der Waals surface area contributed by atoms with Crippen LogP contribution in [0.1, 0.15) is 39.5 Å². The summed E-state index contributed by atoms with van der Waals surface area (Å²) >= 11 is 0. The van der Waals surface area contributed by atoms with Crippen molar-refractivity contribution in [3.8, 4) is 5.75 Å². The van der Waals surface area contributed by atoms with E-state index >= 15 is 0 Å². The molecule has 0 radical (unpaired) electrons. The summed E-state index contributed by atoms with van der Waals surface area (Å²) in [4.78, 5) is 9.64. The van der Waals surface area contributed by atoms with E-state index in [2.05, 4.69) is 13.8 Å². The van der Waals surface area contributed by atoms with Crippen LogP contribution in [-0.2, 0) is 8.83 Å². The summed E-state index contributed by atoms with van der Waals surface area (Å²) in [6.45, 7) is 4.87. The first-order valence-electron chi connectivity index (χ1n) is 7.02. The summed E-state index contributed by atoms with van der Waals surface area (Å²) in [7, 11) is -2.09. The second-order valence-corrected chi connectivity index (χ2v) is 6.37. The highest BCUT2D eigenvalue weighted by atomic mass is 31.2. The van der Waals surface area contributed by atoms with Crippen molar-refractivity contribution in [2.24, 2.45) is 5.92 Å². The molecule has 3 unspecified atom stereocenters. The van der Waals surface area contributed by atoms with Crippen molar-refractivity contribution in [2.45, 2.75) is 39.5 Å². The zero-order valence-corrected chi connectivity index (χ0v) is 14.0. The number of benzene rings is 1. The van der Waals surface area contributed by atoms with Crippen molar-refractivity contribution in [3.63, 3.8) is 0 Å². The number of hydrogen-bond acceptors (Lipinski definition) is 4. The molecule has 20 heavy (non-hydrogen) atoms. The molecule has 0 heterocycles. The summed E-state index contributed by atoms with van der Waals surface area (Å²) in [6.07, 6.45) is 4.59. The third-order valence-electron chi connectivity index (χ3n) is 2.98. The van der Waals surface area contributed by atoms with Crippen LogP contribution in [0.5, 0.6) is 5.75 Å². The predicted molar refractivity (Wildman–Crippen MR) is 84.9 cm³/mol. The van der Waals surface area contributed by atoms with Gasteiger partial charge in [-0.25, -0.2) is 0 Å². The first-order valence-corrected chi connectivity index (χ1v) is 8.96. The van der Waals surface area contributed by atoms with Gasteiger partial charge in [0.1, 0.15) is 5.75 Å². The van der Waals surface area contributed by atoms with E-state index in [4.69, 9.17) is 13.4 Å². The molecule has 1 N–H and O–H groups in total. The first kappa shape index (κ1) is 17.8. The molecule has 1 rings (SSSR count). The Labute approximate surface area is 124 Å². The van der Waals surface area contributed by atoms with E-state index < -0.39 is 8.60 Å². The van der Waals surface area contributed by atoms with Gasteiger partial charge in [0.2, 0.25) is 9.03 Å². The van der Waals surface area contributed by atoms with Gasteiger partial charge in [0.05, 0.1) is 6.61 Å². The highest BCUT2D eigenvalue weighted by Gasteiger charge is 2.12. The zero-order valence-electron chi connectivity index (χ0n) is 12.1. The standard InChI is InChI=1S/C14H24O4P2/c1-3-5-9-13(4-2)12-16-20(15)18-19-17-14-10-7-6-8-11-14/h6-8,10-11,13,15,19H,3-5,9,12H2,1-2H3. The highest BCUT2D eigenvalue weighted by molar-refractivity contribution is 7.49. The maximum absolute atomic E-state index is 9.64. The van der Waals surface area contributed by atoms with Crippen LogP contribution in [0.25, 0.3) is 0 Å². The monoisotopic (exact) mass is 318 g/mol. The van der Waals surface area contributed by atoms with E-state index in [0.29, 0.717) is 12.5 Å². The van der Waals surface area contributed by atoms with Gasteiger partial charge in [0, 0.05) is 0 Å². The molecule has 0 amide bonds. The molecule has 0 aliphatic rings. The molecule has 6 heteroatoms. The van der Waals surface area contributed by atoms with Crippen LogP contribution in [-0.4, -0.2) is 11.5 Å². The molecule has 0 bridgehead atoms. The Bertz CT molecular complexity index is 337. The van der Waals surface area contributed by atoms with Crippen LogP contribution in [0, 0.1) is 5.92 Å². The predicted octanol–water partition coefficient (Wildman–Crippen LogP) is 5.04. The second kappa shape index (κ2) is 11.4. The van der Waals surface area contributed by atoms with Crippen LogP contribution in [0.15, 0.2) is 30.3 Å². The normalized spacial score (nSPS) is 14.6. The molecule has 0 aromatic heterocycles. The Morgan fingerprint density at radius 3 is 2.65 bits per heavy atom. The van der Waals surface area contributed by atoms with Gasteiger partial charge in [-0.05, 0) is 24.5 Å². The SMILES string of the molecule is CCCCC(CC)COP(O)OPOc1ccccc1.